The van der Waals surface area contributed by atoms with Crippen LogP contribution in [0.4, 0.5) is 8.78 Å². The first-order valence-corrected chi connectivity index (χ1v) is 6.51. The van der Waals surface area contributed by atoms with Crippen LogP contribution in [0.1, 0.15) is 30.9 Å². The third kappa shape index (κ3) is 4.70. The van der Waals surface area contributed by atoms with E-state index in [0.29, 0.717) is 5.56 Å². The minimum Gasteiger partial charge on any atom is -0.317 e. The second-order valence-corrected chi connectivity index (χ2v) is 4.44. The summed E-state index contributed by atoms with van der Waals surface area (Å²) in [5.74, 6) is -0.915. The largest absolute Gasteiger partial charge is 0.317 e. The predicted octanol–water partition coefficient (Wildman–Crippen LogP) is 2.75. The lowest BCUT2D eigenvalue weighted by Crippen LogP contribution is -2.23. The minimum absolute atomic E-state index is 0.136. The van der Waals surface area contributed by atoms with Crippen molar-refractivity contribution in [2.45, 2.75) is 33.2 Å². The predicted molar refractivity (Wildman–Crippen MR) is 70.6 cm³/mol. The SMILES string of the molecule is CCCNCCCNCc1c(F)ccc(C)c1F. The number of hydrogen-bond donors (Lipinski definition) is 2. The van der Waals surface area contributed by atoms with E-state index in [-0.39, 0.29) is 12.1 Å². The standard InChI is InChI=1S/C14H22F2N2/c1-3-7-17-8-4-9-18-10-12-13(15)6-5-11(2)14(12)16/h5-6,17-18H,3-4,7-10H2,1-2H3. The number of aryl methyl sites for hydroxylation is 1. The maximum absolute atomic E-state index is 13.6. The number of nitrogens with one attached hydrogen (secondary N) is 2. The Morgan fingerprint density at radius 2 is 1.78 bits per heavy atom. The number of rotatable bonds is 8. The van der Waals surface area contributed by atoms with Gasteiger partial charge < -0.3 is 10.6 Å². The molecule has 2 nitrogen and oxygen atoms in total. The third-order valence-corrected chi connectivity index (χ3v) is 2.81. The van der Waals surface area contributed by atoms with E-state index in [1.54, 1.807) is 6.92 Å². The monoisotopic (exact) mass is 256 g/mol. The van der Waals surface area contributed by atoms with Gasteiger partial charge in [-0.1, -0.05) is 13.0 Å². The van der Waals surface area contributed by atoms with Gasteiger partial charge in [0.1, 0.15) is 11.6 Å². The van der Waals surface area contributed by atoms with E-state index >= 15 is 0 Å². The smallest absolute Gasteiger partial charge is 0.133 e. The van der Waals surface area contributed by atoms with Crippen LogP contribution in [0.5, 0.6) is 0 Å². The Labute approximate surface area is 108 Å². The molecule has 0 spiro atoms. The molecule has 0 amide bonds. The molecule has 0 atom stereocenters. The minimum atomic E-state index is -0.477. The summed E-state index contributed by atoms with van der Waals surface area (Å²) < 4.78 is 27.1. The van der Waals surface area contributed by atoms with Crippen LogP contribution in [0, 0.1) is 18.6 Å². The zero-order chi connectivity index (χ0) is 13.4. The van der Waals surface area contributed by atoms with Crippen LogP contribution in [-0.4, -0.2) is 19.6 Å². The highest BCUT2D eigenvalue weighted by Gasteiger charge is 2.10. The van der Waals surface area contributed by atoms with Crippen LogP contribution in [0.2, 0.25) is 0 Å². The van der Waals surface area contributed by atoms with Crippen molar-refractivity contribution < 1.29 is 8.78 Å². The van der Waals surface area contributed by atoms with Gasteiger partial charge in [0.2, 0.25) is 0 Å². The average Bonchev–Trinajstić information content (AvgIpc) is 2.36. The van der Waals surface area contributed by atoms with E-state index < -0.39 is 11.6 Å². The second-order valence-electron chi connectivity index (χ2n) is 4.44. The molecule has 18 heavy (non-hydrogen) atoms. The van der Waals surface area contributed by atoms with E-state index in [9.17, 15) is 8.78 Å². The first-order chi connectivity index (χ1) is 8.66. The number of benzene rings is 1. The molecule has 1 rings (SSSR count). The average molecular weight is 256 g/mol. The normalized spacial score (nSPS) is 10.9. The fraction of sp³-hybridized carbons (Fsp3) is 0.571. The van der Waals surface area contributed by atoms with Crippen molar-refractivity contribution in [2.75, 3.05) is 19.6 Å². The second kappa shape index (κ2) is 8.16. The number of hydrogen-bond acceptors (Lipinski definition) is 2. The Bertz CT molecular complexity index is 367. The van der Waals surface area contributed by atoms with E-state index in [2.05, 4.69) is 17.6 Å². The van der Waals surface area contributed by atoms with Gasteiger partial charge in [0.05, 0.1) is 0 Å². The van der Waals surface area contributed by atoms with Crippen molar-refractivity contribution in [1.29, 1.82) is 0 Å². The van der Waals surface area contributed by atoms with Gasteiger partial charge in [0.15, 0.2) is 0 Å². The molecule has 0 aliphatic heterocycles. The van der Waals surface area contributed by atoms with Crippen molar-refractivity contribution in [3.8, 4) is 0 Å². The van der Waals surface area contributed by atoms with Crippen LogP contribution in [0.3, 0.4) is 0 Å². The summed E-state index contributed by atoms with van der Waals surface area (Å²) in [5, 5.41) is 6.34. The molecule has 0 saturated heterocycles. The Kier molecular flexibility index (Phi) is 6.83. The zero-order valence-corrected chi connectivity index (χ0v) is 11.2. The molecule has 0 aromatic heterocycles. The molecule has 0 heterocycles. The van der Waals surface area contributed by atoms with Crippen LogP contribution in [-0.2, 0) is 6.54 Å². The summed E-state index contributed by atoms with van der Waals surface area (Å²) in [5.41, 5.74) is 0.620. The quantitative estimate of drug-likeness (QED) is 0.699. The molecule has 2 N–H and O–H groups in total. The molecule has 0 aliphatic carbocycles. The van der Waals surface area contributed by atoms with E-state index in [0.717, 1.165) is 32.5 Å². The molecule has 4 heteroatoms. The molecule has 0 aliphatic rings. The van der Waals surface area contributed by atoms with Gasteiger partial charge in [0, 0.05) is 12.1 Å². The summed E-state index contributed by atoms with van der Waals surface area (Å²) in [7, 11) is 0. The van der Waals surface area contributed by atoms with Gasteiger partial charge in [0.25, 0.3) is 0 Å². The molecule has 0 saturated carbocycles. The highest BCUT2D eigenvalue weighted by Crippen LogP contribution is 2.15. The van der Waals surface area contributed by atoms with Crippen molar-refractivity contribution in [2.24, 2.45) is 0 Å². The lowest BCUT2D eigenvalue weighted by atomic mass is 10.1. The van der Waals surface area contributed by atoms with Gasteiger partial charge in [-0.25, -0.2) is 8.78 Å². The Morgan fingerprint density at radius 3 is 2.50 bits per heavy atom. The lowest BCUT2D eigenvalue weighted by molar-refractivity contribution is 0.523. The zero-order valence-electron chi connectivity index (χ0n) is 11.2. The maximum Gasteiger partial charge on any atom is 0.133 e. The lowest BCUT2D eigenvalue weighted by Gasteiger charge is -2.09. The summed E-state index contributed by atoms with van der Waals surface area (Å²) >= 11 is 0. The molecule has 0 bridgehead atoms. The summed E-state index contributed by atoms with van der Waals surface area (Å²) in [6.45, 7) is 6.71. The van der Waals surface area contributed by atoms with Crippen molar-refractivity contribution in [3.63, 3.8) is 0 Å². The molecule has 102 valence electrons. The number of halogens is 2. The van der Waals surface area contributed by atoms with E-state index in [1.165, 1.54) is 12.1 Å². The Morgan fingerprint density at radius 1 is 1.06 bits per heavy atom. The summed E-state index contributed by atoms with van der Waals surface area (Å²) in [6, 6.07) is 2.78. The molecule has 0 radical (unpaired) electrons. The van der Waals surface area contributed by atoms with Gasteiger partial charge in [-0.3, -0.25) is 0 Å². The Balaban J connectivity index is 2.29. The molecule has 1 aromatic rings. The first kappa shape index (κ1) is 15.1. The van der Waals surface area contributed by atoms with E-state index in [4.69, 9.17) is 0 Å². The highest BCUT2D eigenvalue weighted by molar-refractivity contribution is 5.26. The molecule has 0 unspecified atom stereocenters. The molecule has 0 fully saturated rings. The first-order valence-electron chi connectivity index (χ1n) is 6.51. The van der Waals surface area contributed by atoms with E-state index in [1.807, 2.05) is 0 Å². The van der Waals surface area contributed by atoms with Crippen LogP contribution >= 0.6 is 0 Å². The van der Waals surface area contributed by atoms with Crippen LogP contribution < -0.4 is 10.6 Å². The summed E-state index contributed by atoms with van der Waals surface area (Å²) in [6.07, 6.45) is 2.07. The fourth-order valence-corrected chi connectivity index (χ4v) is 1.73. The fourth-order valence-electron chi connectivity index (χ4n) is 1.73. The van der Waals surface area contributed by atoms with Gasteiger partial charge >= 0.3 is 0 Å². The van der Waals surface area contributed by atoms with Crippen molar-refractivity contribution in [3.05, 3.63) is 34.9 Å². The topological polar surface area (TPSA) is 24.1 Å². The van der Waals surface area contributed by atoms with Crippen LogP contribution in [0.25, 0.3) is 0 Å². The highest BCUT2D eigenvalue weighted by atomic mass is 19.1. The molecule has 1 aromatic carbocycles. The van der Waals surface area contributed by atoms with Gasteiger partial charge in [-0.05, 0) is 51.0 Å². The Hall–Kier alpha value is -1.00. The van der Waals surface area contributed by atoms with Crippen LogP contribution in [0.15, 0.2) is 12.1 Å². The third-order valence-electron chi connectivity index (χ3n) is 2.81. The molecular weight excluding hydrogens is 234 g/mol. The summed E-state index contributed by atoms with van der Waals surface area (Å²) in [4.78, 5) is 0. The van der Waals surface area contributed by atoms with Gasteiger partial charge in [-0.15, -0.1) is 0 Å². The van der Waals surface area contributed by atoms with Crippen molar-refractivity contribution >= 4 is 0 Å². The maximum atomic E-state index is 13.6. The van der Waals surface area contributed by atoms with Crippen molar-refractivity contribution in [1.82, 2.24) is 10.6 Å². The van der Waals surface area contributed by atoms with Gasteiger partial charge in [-0.2, -0.15) is 0 Å². The molecular formula is C14H22F2N2.